The molecule has 2 N–H and O–H groups in total. The van der Waals surface area contributed by atoms with Crippen LogP contribution in [0.4, 0.5) is 0 Å². The van der Waals surface area contributed by atoms with Gasteiger partial charge in [-0.3, -0.25) is 4.79 Å². The fourth-order valence-corrected chi connectivity index (χ4v) is 3.96. The number of nitrogens with one attached hydrogen (secondary N) is 2. The van der Waals surface area contributed by atoms with Crippen molar-refractivity contribution >= 4 is 15.9 Å². The van der Waals surface area contributed by atoms with Crippen molar-refractivity contribution in [1.29, 1.82) is 0 Å². The molecular formula is C20H26N2O5S. The molecule has 28 heavy (non-hydrogen) atoms. The minimum absolute atomic E-state index is 0.174. The van der Waals surface area contributed by atoms with E-state index in [0.29, 0.717) is 17.1 Å². The van der Waals surface area contributed by atoms with Crippen molar-refractivity contribution in [1.82, 2.24) is 10.0 Å². The summed E-state index contributed by atoms with van der Waals surface area (Å²) in [5, 5.41) is 2.81. The fraction of sp³-hybridized carbons (Fsp3) is 0.350. The summed E-state index contributed by atoms with van der Waals surface area (Å²) in [5.41, 5.74) is 1.49. The molecule has 2 aromatic carbocycles. The molecule has 0 atom stereocenters. The van der Waals surface area contributed by atoms with E-state index in [1.807, 2.05) is 0 Å². The Labute approximate surface area is 166 Å². The highest BCUT2D eigenvalue weighted by Crippen LogP contribution is 2.27. The second-order valence-corrected chi connectivity index (χ2v) is 8.28. The SMILES string of the molecule is COc1ccc(CC(=O)NCc2cccc(S(=O)(=O)NC(C)C)c2)cc1OC. The van der Waals surface area contributed by atoms with Crippen molar-refractivity contribution in [2.75, 3.05) is 14.2 Å². The second-order valence-electron chi connectivity index (χ2n) is 6.57. The third kappa shape index (κ3) is 5.97. The Hall–Kier alpha value is -2.58. The van der Waals surface area contributed by atoms with Crippen LogP contribution < -0.4 is 19.5 Å². The first kappa shape index (κ1) is 21.7. The molecule has 0 aliphatic heterocycles. The lowest BCUT2D eigenvalue weighted by Gasteiger charge is -2.12. The predicted molar refractivity (Wildman–Crippen MR) is 107 cm³/mol. The Balaban J connectivity index is 2.01. The zero-order chi connectivity index (χ0) is 20.7. The van der Waals surface area contributed by atoms with Crippen LogP contribution in [0.5, 0.6) is 11.5 Å². The highest BCUT2D eigenvalue weighted by Gasteiger charge is 2.15. The summed E-state index contributed by atoms with van der Waals surface area (Å²) in [6, 6.07) is 11.6. The molecule has 152 valence electrons. The lowest BCUT2D eigenvalue weighted by atomic mass is 10.1. The molecule has 8 heteroatoms. The highest BCUT2D eigenvalue weighted by atomic mass is 32.2. The van der Waals surface area contributed by atoms with Crippen LogP contribution in [0.25, 0.3) is 0 Å². The normalized spacial score (nSPS) is 11.3. The van der Waals surface area contributed by atoms with Gasteiger partial charge in [0.1, 0.15) is 0 Å². The van der Waals surface area contributed by atoms with Crippen LogP contribution in [0.3, 0.4) is 0 Å². The lowest BCUT2D eigenvalue weighted by molar-refractivity contribution is -0.120. The van der Waals surface area contributed by atoms with Crippen molar-refractivity contribution in [2.45, 2.75) is 37.8 Å². The van der Waals surface area contributed by atoms with Gasteiger partial charge in [-0.05, 0) is 49.2 Å². The molecule has 0 aromatic heterocycles. The van der Waals surface area contributed by atoms with Crippen LogP contribution in [-0.2, 0) is 27.8 Å². The molecule has 0 bridgehead atoms. The number of rotatable bonds is 9. The largest absolute Gasteiger partial charge is 0.493 e. The van der Waals surface area contributed by atoms with E-state index in [0.717, 1.165) is 5.56 Å². The molecule has 0 fully saturated rings. The van der Waals surface area contributed by atoms with E-state index < -0.39 is 10.0 Å². The number of ether oxygens (including phenoxy) is 2. The third-order valence-corrected chi connectivity index (χ3v) is 5.56. The number of methoxy groups -OCH3 is 2. The quantitative estimate of drug-likeness (QED) is 0.666. The summed E-state index contributed by atoms with van der Waals surface area (Å²) in [7, 11) is -0.483. The van der Waals surface area contributed by atoms with Crippen LogP contribution in [0.1, 0.15) is 25.0 Å². The zero-order valence-electron chi connectivity index (χ0n) is 16.5. The molecule has 0 unspecified atom stereocenters. The Morgan fingerprint density at radius 1 is 1.00 bits per heavy atom. The predicted octanol–water partition coefficient (Wildman–Crippen LogP) is 2.25. The Morgan fingerprint density at radius 3 is 2.36 bits per heavy atom. The number of carbonyl (C=O) groups is 1. The Bertz CT molecular complexity index is 926. The van der Waals surface area contributed by atoms with Gasteiger partial charge in [0.05, 0.1) is 25.5 Å². The van der Waals surface area contributed by atoms with Gasteiger partial charge in [-0.15, -0.1) is 0 Å². The molecule has 2 aromatic rings. The van der Waals surface area contributed by atoms with Gasteiger partial charge < -0.3 is 14.8 Å². The molecule has 0 saturated heterocycles. The molecule has 1 amide bonds. The Kier molecular flexibility index (Phi) is 7.42. The summed E-state index contributed by atoms with van der Waals surface area (Å²) in [6.07, 6.45) is 0.174. The van der Waals surface area contributed by atoms with Crippen molar-refractivity contribution in [3.8, 4) is 11.5 Å². The minimum atomic E-state index is -3.57. The lowest BCUT2D eigenvalue weighted by Crippen LogP contribution is -2.30. The van der Waals surface area contributed by atoms with Crippen LogP contribution >= 0.6 is 0 Å². The first-order valence-corrected chi connectivity index (χ1v) is 10.3. The molecule has 0 aliphatic carbocycles. The third-order valence-electron chi connectivity index (χ3n) is 3.90. The van der Waals surface area contributed by atoms with Crippen LogP contribution in [0.2, 0.25) is 0 Å². The van der Waals surface area contributed by atoms with E-state index >= 15 is 0 Å². The van der Waals surface area contributed by atoms with Crippen molar-refractivity contribution in [3.63, 3.8) is 0 Å². The van der Waals surface area contributed by atoms with Gasteiger partial charge in [-0.25, -0.2) is 13.1 Å². The first-order chi connectivity index (χ1) is 13.2. The number of benzene rings is 2. The van der Waals surface area contributed by atoms with Gasteiger partial charge in [0.2, 0.25) is 15.9 Å². The summed E-state index contributed by atoms with van der Waals surface area (Å²) in [5.74, 6) is 0.976. The van der Waals surface area contributed by atoms with Gasteiger partial charge in [-0.2, -0.15) is 0 Å². The zero-order valence-corrected chi connectivity index (χ0v) is 17.3. The molecule has 0 saturated carbocycles. The standard InChI is InChI=1S/C20H26N2O5S/c1-14(2)22-28(24,25)17-7-5-6-16(10-17)13-21-20(23)12-15-8-9-18(26-3)19(11-15)27-4/h5-11,14,22H,12-13H2,1-4H3,(H,21,23). The highest BCUT2D eigenvalue weighted by molar-refractivity contribution is 7.89. The van der Waals surface area contributed by atoms with Crippen molar-refractivity contribution < 1.29 is 22.7 Å². The molecular weight excluding hydrogens is 380 g/mol. The van der Waals surface area contributed by atoms with E-state index in [9.17, 15) is 13.2 Å². The van der Waals surface area contributed by atoms with E-state index in [-0.39, 0.29) is 29.8 Å². The van der Waals surface area contributed by atoms with Gasteiger partial charge in [0.25, 0.3) is 0 Å². The van der Waals surface area contributed by atoms with Gasteiger partial charge >= 0.3 is 0 Å². The first-order valence-electron chi connectivity index (χ1n) is 8.84. The van der Waals surface area contributed by atoms with Crippen LogP contribution in [0, 0.1) is 0 Å². The van der Waals surface area contributed by atoms with E-state index in [4.69, 9.17) is 9.47 Å². The maximum Gasteiger partial charge on any atom is 0.240 e. The van der Waals surface area contributed by atoms with E-state index in [2.05, 4.69) is 10.0 Å². The van der Waals surface area contributed by atoms with Crippen molar-refractivity contribution in [2.24, 2.45) is 0 Å². The molecule has 2 rings (SSSR count). The number of hydrogen-bond acceptors (Lipinski definition) is 5. The fourth-order valence-electron chi connectivity index (χ4n) is 2.64. The molecule has 7 nitrogen and oxygen atoms in total. The maximum atomic E-state index is 12.3. The molecule has 0 heterocycles. The number of carbonyl (C=O) groups excluding carboxylic acids is 1. The number of sulfonamides is 1. The minimum Gasteiger partial charge on any atom is -0.493 e. The smallest absolute Gasteiger partial charge is 0.240 e. The number of hydrogen-bond donors (Lipinski definition) is 2. The second kappa shape index (κ2) is 9.57. The summed E-state index contributed by atoms with van der Waals surface area (Å²) in [6.45, 7) is 3.75. The average Bonchev–Trinajstić information content (AvgIpc) is 2.65. The van der Waals surface area contributed by atoms with Gasteiger partial charge in [0, 0.05) is 12.6 Å². The van der Waals surface area contributed by atoms with Gasteiger partial charge in [-0.1, -0.05) is 18.2 Å². The van der Waals surface area contributed by atoms with E-state index in [1.54, 1.807) is 57.4 Å². The van der Waals surface area contributed by atoms with Crippen LogP contribution in [-0.4, -0.2) is 34.6 Å². The van der Waals surface area contributed by atoms with Crippen LogP contribution in [0.15, 0.2) is 47.4 Å². The van der Waals surface area contributed by atoms with Crippen molar-refractivity contribution in [3.05, 3.63) is 53.6 Å². The molecule has 0 aliphatic rings. The topological polar surface area (TPSA) is 93.7 Å². The summed E-state index contributed by atoms with van der Waals surface area (Å²) < 4.78 is 37.5. The molecule has 0 spiro atoms. The average molecular weight is 407 g/mol. The number of amides is 1. The maximum absolute atomic E-state index is 12.3. The van der Waals surface area contributed by atoms with E-state index in [1.165, 1.54) is 13.2 Å². The summed E-state index contributed by atoms with van der Waals surface area (Å²) in [4.78, 5) is 12.4. The summed E-state index contributed by atoms with van der Waals surface area (Å²) >= 11 is 0. The monoisotopic (exact) mass is 406 g/mol. The Morgan fingerprint density at radius 2 is 1.71 bits per heavy atom. The van der Waals surface area contributed by atoms with Gasteiger partial charge in [0.15, 0.2) is 11.5 Å². The molecule has 0 radical (unpaired) electrons.